The number of phenolic OH excluding ortho intramolecular Hbond substituents is 1. The predicted molar refractivity (Wildman–Crippen MR) is 131 cm³/mol. The van der Waals surface area contributed by atoms with Gasteiger partial charge >= 0.3 is 5.91 Å². The van der Waals surface area contributed by atoms with Gasteiger partial charge in [0.25, 0.3) is 0 Å². The lowest BCUT2D eigenvalue weighted by Gasteiger charge is -2.09. The minimum absolute atomic E-state index is 0.0858. The maximum Gasteiger partial charge on any atom is 0.305 e. The molecule has 0 atom stereocenters. The van der Waals surface area contributed by atoms with Crippen molar-refractivity contribution < 1.29 is 19.1 Å². The third-order valence-electron chi connectivity index (χ3n) is 5.36. The minimum Gasteiger partial charge on any atom is -0.504 e. The fourth-order valence-electron chi connectivity index (χ4n) is 3.76. The summed E-state index contributed by atoms with van der Waals surface area (Å²) in [5, 5.41) is 15.3. The molecule has 0 unspecified atom stereocenters. The Hall–Kier alpha value is -4.01. The van der Waals surface area contributed by atoms with Crippen LogP contribution in [0, 0.1) is 20.8 Å². The van der Waals surface area contributed by atoms with E-state index in [0.29, 0.717) is 23.7 Å². The Morgan fingerprint density at radius 3 is 2.59 bits per heavy atom. The van der Waals surface area contributed by atoms with Crippen LogP contribution in [0.1, 0.15) is 52.5 Å². The van der Waals surface area contributed by atoms with E-state index in [1.165, 1.54) is 7.11 Å². The van der Waals surface area contributed by atoms with Crippen LogP contribution >= 0.6 is 0 Å². The number of benzene rings is 1. The number of carbonyl (C=O) groups is 1. The fraction of sp³-hybridized carbons (Fsp3) is 0.320. The summed E-state index contributed by atoms with van der Waals surface area (Å²) in [6, 6.07) is 8.63. The number of amides is 1. The summed E-state index contributed by atoms with van der Waals surface area (Å²) in [7, 11) is 3.33. The first-order chi connectivity index (χ1) is 16.3. The van der Waals surface area contributed by atoms with Crippen molar-refractivity contribution in [3.05, 3.63) is 64.2 Å². The van der Waals surface area contributed by atoms with Crippen LogP contribution < -0.4 is 15.6 Å². The number of rotatable bonds is 6. The smallest absolute Gasteiger partial charge is 0.305 e. The number of ether oxygens (including phenoxy) is 1. The predicted octanol–water partition coefficient (Wildman–Crippen LogP) is 4.57. The van der Waals surface area contributed by atoms with E-state index in [0.717, 1.165) is 33.4 Å². The van der Waals surface area contributed by atoms with E-state index in [-0.39, 0.29) is 11.5 Å². The zero-order valence-electron chi connectivity index (χ0n) is 20.6. The van der Waals surface area contributed by atoms with E-state index in [2.05, 4.69) is 20.9 Å². The van der Waals surface area contributed by atoms with Gasteiger partial charge in [-0.15, -0.1) is 0 Å². The number of hydrogen-bond donors (Lipinski definition) is 3. The zero-order valence-corrected chi connectivity index (χ0v) is 20.6. The number of carbonyl (C=O) groups excluding carboxylic acids is 1. The molecule has 4 aromatic rings. The van der Waals surface area contributed by atoms with Gasteiger partial charge in [0.05, 0.1) is 12.8 Å². The van der Waals surface area contributed by atoms with Gasteiger partial charge in [-0.25, -0.2) is 4.98 Å². The van der Waals surface area contributed by atoms with Crippen LogP contribution in [-0.2, 0) is 13.5 Å². The summed E-state index contributed by atoms with van der Waals surface area (Å²) < 4.78 is 12.6. The van der Waals surface area contributed by atoms with Crippen molar-refractivity contribution in [3.63, 3.8) is 0 Å². The molecule has 0 aliphatic carbocycles. The minimum atomic E-state index is -0.419. The lowest BCUT2D eigenvalue weighted by Crippen LogP contribution is -2.29. The van der Waals surface area contributed by atoms with Crippen molar-refractivity contribution in [1.82, 2.24) is 20.2 Å². The van der Waals surface area contributed by atoms with Gasteiger partial charge in [-0.1, -0.05) is 13.8 Å². The molecule has 0 aliphatic rings. The van der Waals surface area contributed by atoms with Crippen molar-refractivity contribution >= 4 is 22.8 Å². The van der Waals surface area contributed by atoms with E-state index < -0.39 is 5.91 Å². The largest absolute Gasteiger partial charge is 0.504 e. The number of methoxy groups -OCH3 is 1. The molecule has 0 spiro atoms. The van der Waals surface area contributed by atoms with Crippen LogP contribution in [0.3, 0.4) is 0 Å². The van der Waals surface area contributed by atoms with Gasteiger partial charge < -0.3 is 14.3 Å². The summed E-state index contributed by atoms with van der Waals surface area (Å²) in [6.07, 6.45) is 0.459. The SMILES string of the molecule is CC.COc1cc(Cc2ccc(C(=O)NNc3cc(C)c4c(C)nn(C)c4n3)o2)c(C)cc1O. The van der Waals surface area contributed by atoms with Gasteiger partial charge in [-0.3, -0.25) is 20.3 Å². The molecule has 1 aromatic carbocycles. The normalized spacial score (nSPS) is 10.6. The van der Waals surface area contributed by atoms with Crippen LogP contribution in [0.2, 0.25) is 0 Å². The first-order valence-corrected chi connectivity index (χ1v) is 11.1. The van der Waals surface area contributed by atoms with E-state index in [1.807, 2.05) is 47.7 Å². The van der Waals surface area contributed by atoms with Gasteiger partial charge in [-0.05, 0) is 67.8 Å². The monoisotopic (exact) mass is 465 g/mol. The Balaban J connectivity index is 0.00000158. The number of phenols is 1. The van der Waals surface area contributed by atoms with Gasteiger partial charge in [0.2, 0.25) is 0 Å². The lowest BCUT2D eigenvalue weighted by molar-refractivity contribution is 0.0933. The molecule has 0 bridgehead atoms. The molecule has 9 nitrogen and oxygen atoms in total. The highest BCUT2D eigenvalue weighted by atomic mass is 16.5. The molecule has 0 saturated heterocycles. The van der Waals surface area contributed by atoms with Crippen LogP contribution in [0.25, 0.3) is 11.0 Å². The number of aromatic hydroxyl groups is 1. The summed E-state index contributed by atoms with van der Waals surface area (Å²) in [5.41, 5.74) is 9.95. The van der Waals surface area contributed by atoms with Crippen LogP contribution in [-0.4, -0.2) is 32.9 Å². The molecule has 0 aliphatic heterocycles. The second-order valence-electron chi connectivity index (χ2n) is 7.70. The summed E-state index contributed by atoms with van der Waals surface area (Å²) in [5.74, 6) is 1.35. The number of hydrogen-bond acceptors (Lipinski definition) is 7. The molecule has 0 radical (unpaired) electrons. The molecular formula is C25H31N5O4. The summed E-state index contributed by atoms with van der Waals surface area (Å²) >= 11 is 0. The maximum absolute atomic E-state index is 12.5. The molecule has 3 aromatic heterocycles. The highest BCUT2D eigenvalue weighted by molar-refractivity contribution is 5.92. The van der Waals surface area contributed by atoms with E-state index in [4.69, 9.17) is 9.15 Å². The van der Waals surface area contributed by atoms with Gasteiger partial charge in [0.15, 0.2) is 22.9 Å². The standard InChI is InChI=1S/C23H25N5O4.C2H6/c1-12-8-17(29)19(31-5)11-15(12)10-16-6-7-18(32-16)23(30)26-25-20-9-13(2)21-14(3)27-28(4)22(21)24-20;1-2/h6-9,11,29H,10H2,1-5H3,(H,24,25)(H,26,30);1-2H3. The van der Waals surface area contributed by atoms with E-state index in [1.54, 1.807) is 28.9 Å². The number of furan rings is 1. The number of nitrogens with zero attached hydrogens (tertiary/aromatic N) is 3. The molecular weight excluding hydrogens is 434 g/mol. The molecule has 0 fully saturated rings. The third-order valence-corrected chi connectivity index (χ3v) is 5.36. The topological polar surface area (TPSA) is 114 Å². The Bertz CT molecular complexity index is 1320. The first kappa shape index (κ1) is 24.6. The number of anilines is 1. The molecule has 3 heterocycles. The highest BCUT2D eigenvalue weighted by Crippen LogP contribution is 2.30. The molecule has 0 saturated carbocycles. The molecule has 3 N–H and O–H groups in total. The Morgan fingerprint density at radius 2 is 1.88 bits per heavy atom. The maximum atomic E-state index is 12.5. The fourth-order valence-corrected chi connectivity index (χ4v) is 3.76. The molecule has 9 heteroatoms. The van der Waals surface area contributed by atoms with Crippen LogP contribution in [0.15, 0.2) is 34.7 Å². The molecule has 1 amide bonds. The van der Waals surface area contributed by atoms with Crippen LogP contribution in [0.4, 0.5) is 5.82 Å². The van der Waals surface area contributed by atoms with Crippen molar-refractivity contribution in [1.29, 1.82) is 0 Å². The Morgan fingerprint density at radius 1 is 1.15 bits per heavy atom. The quantitative estimate of drug-likeness (QED) is 0.357. The first-order valence-electron chi connectivity index (χ1n) is 11.1. The number of fused-ring (bicyclic) bond motifs is 1. The number of aryl methyl sites for hydroxylation is 4. The Labute approximate surface area is 198 Å². The molecule has 34 heavy (non-hydrogen) atoms. The van der Waals surface area contributed by atoms with Crippen LogP contribution in [0.5, 0.6) is 11.5 Å². The van der Waals surface area contributed by atoms with Crippen molar-refractivity contribution in [2.45, 2.75) is 41.0 Å². The third kappa shape index (κ3) is 4.98. The van der Waals surface area contributed by atoms with Crippen molar-refractivity contribution in [2.75, 3.05) is 12.5 Å². The number of hydrazine groups is 1. The van der Waals surface area contributed by atoms with E-state index in [9.17, 15) is 9.90 Å². The summed E-state index contributed by atoms with van der Waals surface area (Å²) in [6.45, 7) is 9.81. The zero-order chi connectivity index (χ0) is 25.0. The van der Waals surface area contributed by atoms with Crippen molar-refractivity contribution in [3.8, 4) is 11.5 Å². The van der Waals surface area contributed by atoms with Crippen molar-refractivity contribution in [2.24, 2.45) is 7.05 Å². The number of nitrogens with one attached hydrogen (secondary N) is 2. The highest BCUT2D eigenvalue weighted by Gasteiger charge is 2.15. The summed E-state index contributed by atoms with van der Waals surface area (Å²) in [4.78, 5) is 17.1. The average Bonchev–Trinajstić information content (AvgIpc) is 3.39. The van der Waals surface area contributed by atoms with Gasteiger partial charge in [0, 0.05) is 18.9 Å². The second kappa shape index (κ2) is 10.3. The molecule has 4 rings (SSSR count). The van der Waals surface area contributed by atoms with E-state index >= 15 is 0 Å². The molecule has 180 valence electrons. The Kier molecular flexibility index (Phi) is 7.45. The van der Waals surface area contributed by atoms with Gasteiger partial charge in [-0.2, -0.15) is 5.10 Å². The van der Waals surface area contributed by atoms with Gasteiger partial charge in [0.1, 0.15) is 11.6 Å². The lowest BCUT2D eigenvalue weighted by atomic mass is 10.0. The average molecular weight is 466 g/mol. The number of pyridine rings is 1. The second-order valence-corrected chi connectivity index (χ2v) is 7.70. The number of aromatic nitrogens is 3.